The summed E-state index contributed by atoms with van der Waals surface area (Å²) in [6, 6.07) is 14.0. The Hall–Kier alpha value is -3.22. The van der Waals surface area contributed by atoms with Gasteiger partial charge in [0.15, 0.2) is 0 Å². The second kappa shape index (κ2) is 6.91. The largest absolute Gasteiger partial charge is 0.497 e. The third-order valence-corrected chi connectivity index (χ3v) is 3.55. The van der Waals surface area contributed by atoms with Crippen molar-refractivity contribution in [3.8, 4) is 5.75 Å². The van der Waals surface area contributed by atoms with Crippen LogP contribution >= 0.6 is 0 Å². The minimum atomic E-state index is -0.252. The fourth-order valence-electron chi connectivity index (χ4n) is 2.28. The monoisotopic (exact) mass is 324 g/mol. The Balaban J connectivity index is 1.65. The summed E-state index contributed by atoms with van der Waals surface area (Å²) in [5.41, 5.74) is 0.956. The van der Waals surface area contributed by atoms with E-state index in [1.165, 1.54) is 4.68 Å². The van der Waals surface area contributed by atoms with Crippen molar-refractivity contribution in [3.05, 3.63) is 58.9 Å². The number of nitrogens with zero attached hydrogens (tertiary/aromatic N) is 3. The Kier molecular flexibility index (Phi) is 4.51. The van der Waals surface area contributed by atoms with Crippen LogP contribution in [-0.2, 0) is 11.3 Å². The lowest BCUT2D eigenvalue weighted by atomic mass is 10.2. The van der Waals surface area contributed by atoms with Gasteiger partial charge in [0.2, 0.25) is 5.91 Å². The molecule has 0 aliphatic heterocycles. The summed E-state index contributed by atoms with van der Waals surface area (Å²) in [6.45, 7) is 0.165. The van der Waals surface area contributed by atoms with Crippen molar-refractivity contribution in [1.29, 1.82) is 0 Å². The maximum absolute atomic E-state index is 12.3. The number of amides is 1. The molecular weight excluding hydrogens is 308 g/mol. The van der Waals surface area contributed by atoms with Gasteiger partial charge in [-0.15, -0.1) is 5.10 Å². The molecule has 7 nitrogen and oxygen atoms in total. The lowest BCUT2D eigenvalue weighted by molar-refractivity contribution is -0.116. The van der Waals surface area contributed by atoms with Crippen molar-refractivity contribution in [2.24, 2.45) is 0 Å². The fourth-order valence-corrected chi connectivity index (χ4v) is 2.28. The summed E-state index contributed by atoms with van der Waals surface area (Å²) < 4.78 is 6.27. The molecule has 0 aliphatic carbocycles. The average Bonchev–Trinajstić information content (AvgIpc) is 2.62. The number of hydrogen-bond acceptors (Lipinski definition) is 5. The van der Waals surface area contributed by atoms with E-state index in [4.69, 9.17) is 4.74 Å². The molecule has 0 saturated carbocycles. The molecule has 0 atom stereocenters. The Bertz CT molecular complexity index is 919. The van der Waals surface area contributed by atoms with Gasteiger partial charge >= 0.3 is 0 Å². The first kappa shape index (κ1) is 15.7. The van der Waals surface area contributed by atoms with Gasteiger partial charge in [-0.25, -0.2) is 4.68 Å². The normalized spacial score (nSPS) is 10.5. The first-order valence-electron chi connectivity index (χ1n) is 7.44. The van der Waals surface area contributed by atoms with Crippen molar-refractivity contribution >= 4 is 22.5 Å². The number of methoxy groups -OCH3 is 1. The van der Waals surface area contributed by atoms with Gasteiger partial charge in [0.05, 0.1) is 19.0 Å². The molecule has 1 N–H and O–H groups in total. The zero-order valence-corrected chi connectivity index (χ0v) is 13.1. The molecule has 0 radical (unpaired) electrons. The van der Waals surface area contributed by atoms with Crippen LogP contribution in [0, 0.1) is 0 Å². The maximum Gasteiger partial charge on any atom is 0.277 e. The molecule has 2 aromatic carbocycles. The SMILES string of the molecule is COc1ccc(NC(=O)CCn2nnc3ccccc3c2=O)cc1. The molecule has 1 aromatic heterocycles. The number of rotatable bonds is 5. The van der Waals surface area contributed by atoms with E-state index in [0.29, 0.717) is 22.3 Å². The molecule has 0 unspecified atom stereocenters. The average molecular weight is 324 g/mol. The molecule has 0 bridgehead atoms. The Labute approximate surface area is 137 Å². The van der Waals surface area contributed by atoms with E-state index in [2.05, 4.69) is 15.6 Å². The summed E-state index contributed by atoms with van der Waals surface area (Å²) in [4.78, 5) is 24.3. The Morgan fingerprint density at radius 2 is 1.92 bits per heavy atom. The third kappa shape index (κ3) is 3.40. The second-order valence-corrected chi connectivity index (χ2v) is 5.16. The standard InChI is InChI=1S/C17H16N4O3/c1-24-13-8-6-12(7-9-13)18-16(22)10-11-21-17(23)14-4-2-3-5-15(14)19-20-21/h2-9H,10-11H2,1H3,(H,18,22). The number of aromatic nitrogens is 3. The van der Waals surface area contributed by atoms with Gasteiger partial charge < -0.3 is 10.1 Å². The lowest BCUT2D eigenvalue weighted by Crippen LogP contribution is -2.26. The quantitative estimate of drug-likeness (QED) is 0.774. The molecule has 122 valence electrons. The van der Waals surface area contributed by atoms with Crippen LogP contribution in [0.1, 0.15) is 6.42 Å². The zero-order valence-electron chi connectivity index (χ0n) is 13.1. The molecule has 0 spiro atoms. The van der Waals surface area contributed by atoms with E-state index in [9.17, 15) is 9.59 Å². The summed E-state index contributed by atoms with van der Waals surface area (Å²) in [6.07, 6.45) is 0.124. The highest BCUT2D eigenvalue weighted by molar-refractivity contribution is 5.90. The molecule has 0 saturated heterocycles. The smallest absolute Gasteiger partial charge is 0.277 e. The van der Waals surface area contributed by atoms with Crippen molar-refractivity contribution in [2.75, 3.05) is 12.4 Å². The number of anilines is 1. The van der Waals surface area contributed by atoms with Crippen LogP contribution in [-0.4, -0.2) is 28.0 Å². The van der Waals surface area contributed by atoms with Crippen molar-refractivity contribution in [2.45, 2.75) is 13.0 Å². The van der Waals surface area contributed by atoms with Gasteiger partial charge in [-0.3, -0.25) is 9.59 Å². The van der Waals surface area contributed by atoms with Crippen LogP contribution < -0.4 is 15.6 Å². The molecule has 7 heteroatoms. The predicted molar refractivity (Wildman–Crippen MR) is 90.0 cm³/mol. The highest BCUT2D eigenvalue weighted by Gasteiger charge is 2.08. The van der Waals surface area contributed by atoms with Crippen LogP contribution in [0.25, 0.3) is 10.9 Å². The topological polar surface area (TPSA) is 86.1 Å². The first-order valence-corrected chi connectivity index (χ1v) is 7.44. The van der Waals surface area contributed by atoms with Crippen LogP contribution in [0.4, 0.5) is 5.69 Å². The Morgan fingerprint density at radius 3 is 2.67 bits per heavy atom. The van der Waals surface area contributed by atoms with Gasteiger partial charge in [0, 0.05) is 12.1 Å². The zero-order chi connectivity index (χ0) is 16.9. The Morgan fingerprint density at radius 1 is 1.17 bits per heavy atom. The minimum absolute atomic E-state index is 0.124. The molecule has 1 amide bonds. The number of hydrogen-bond donors (Lipinski definition) is 1. The fraction of sp³-hybridized carbons (Fsp3) is 0.176. The van der Waals surface area contributed by atoms with Crippen molar-refractivity contribution in [1.82, 2.24) is 15.0 Å². The van der Waals surface area contributed by atoms with Crippen molar-refractivity contribution in [3.63, 3.8) is 0 Å². The first-order chi connectivity index (χ1) is 11.7. The van der Waals surface area contributed by atoms with Gasteiger partial charge in [-0.2, -0.15) is 0 Å². The number of fused-ring (bicyclic) bond motifs is 1. The molecule has 1 heterocycles. The summed E-state index contributed by atoms with van der Waals surface area (Å²) in [7, 11) is 1.58. The second-order valence-electron chi connectivity index (χ2n) is 5.16. The van der Waals surface area contributed by atoms with Crippen molar-refractivity contribution < 1.29 is 9.53 Å². The van der Waals surface area contributed by atoms with E-state index in [-0.39, 0.29) is 24.4 Å². The summed E-state index contributed by atoms with van der Waals surface area (Å²) in [5.74, 6) is 0.507. The van der Waals surface area contributed by atoms with E-state index in [1.807, 2.05) is 0 Å². The highest BCUT2D eigenvalue weighted by Crippen LogP contribution is 2.15. The van der Waals surface area contributed by atoms with Gasteiger partial charge in [0.1, 0.15) is 11.3 Å². The number of carbonyl (C=O) groups excluding carboxylic acids is 1. The molecule has 3 aromatic rings. The molecule has 0 aliphatic rings. The van der Waals surface area contributed by atoms with E-state index < -0.39 is 0 Å². The van der Waals surface area contributed by atoms with Gasteiger partial charge in [-0.1, -0.05) is 17.3 Å². The van der Waals surface area contributed by atoms with Gasteiger partial charge in [-0.05, 0) is 36.4 Å². The number of ether oxygens (including phenoxy) is 1. The van der Waals surface area contributed by atoms with E-state index in [1.54, 1.807) is 55.6 Å². The molecular formula is C17H16N4O3. The van der Waals surface area contributed by atoms with Gasteiger partial charge in [0.25, 0.3) is 5.56 Å². The third-order valence-electron chi connectivity index (χ3n) is 3.55. The maximum atomic E-state index is 12.3. The predicted octanol–water partition coefficient (Wildman–Crippen LogP) is 1.83. The summed E-state index contributed by atoms with van der Waals surface area (Å²) in [5, 5.41) is 11.1. The summed E-state index contributed by atoms with van der Waals surface area (Å²) >= 11 is 0. The number of benzene rings is 2. The number of carbonyl (C=O) groups is 1. The molecule has 0 fully saturated rings. The van der Waals surface area contributed by atoms with Crippen LogP contribution in [0.15, 0.2) is 53.3 Å². The number of nitrogens with one attached hydrogen (secondary N) is 1. The van der Waals surface area contributed by atoms with Crippen LogP contribution in [0.5, 0.6) is 5.75 Å². The molecule has 3 rings (SSSR count). The lowest BCUT2D eigenvalue weighted by Gasteiger charge is -2.07. The minimum Gasteiger partial charge on any atom is -0.497 e. The van der Waals surface area contributed by atoms with E-state index in [0.717, 1.165) is 0 Å². The van der Waals surface area contributed by atoms with E-state index >= 15 is 0 Å². The van der Waals surface area contributed by atoms with Crippen LogP contribution in [0.3, 0.4) is 0 Å². The number of aryl methyl sites for hydroxylation is 1. The van der Waals surface area contributed by atoms with Crippen LogP contribution in [0.2, 0.25) is 0 Å². The molecule has 24 heavy (non-hydrogen) atoms. The highest BCUT2D eigenvalue weighted by atomic mass is 16.5.